The first-order chi connectivity index (χ1) is 14.3. The summed E-state index contributed by atoms with van der Waals surface area (Å²) in [6, 6.07) is 11.9. The van der Waals surface area contributed by atoms with E-state index < -0.39 is 10.0 Å². The minimum atomic E-state index is -3.72. The van der Waals surface area contributed by atoms with Crippen molar-refractivity contribution in [1.82, 2.24) is 14.9 Å². The highest BCUT2D eigenvalue weighted by Gasteiger charge is 2.24. The third-order valence-electron chi connectivity index (χ3n) is 4.34. The van der Waals surface area contributed by atoms with Gasteiger partial charge in [0.05, 0.1) is 16.0 Å². The number of thiophene rings is 1. The number of nitrogens with zero attached hydrogens (tertiary/aromatic N) is 2. The van der Waals surface area contributed by atoms with E-state index in [2.05, 4.69) is 14.9 Å². The highest BCUT2D eigenvalue weighted by atomic mass is 35.5. The molecule has 0 aliphatic carbocycles. The molecule has 10 heteroatoms. The third-order valence-corrected chi connectivity index (χ3v) is 7.48. The molecule has 4 aromatic rings. The molecular formula is C20H18ClN3O4S2. The fourth-order valence-electron chi connectivity index (χ4n) is 2.98. The van der Waals surface area contributed by atoms with Crippen LogP contribution in [0, 0.1) is 6.92 Å². The zero-order valence-corrected chi connectivity index (χ0v) is 18.5. The van der Waals surface area contributed by atoms with Crippen LogP contribution in [-0.2, 0) is 16.4 Å². The summed E-state index contributed by atoms with van der Waals surface area (Å²) < 4.78 is 39.1. The van der Waals surface area contributed by atoms with Gasteiger partial charge in [-0.2, -0.15) is 4.98 Å². The average Bonchev–Trinajstić information content (AvgIpc) is 3.42. The number of halogens is 1. The topological polar surface area (TPSA) is 98.2 Å². The fourth-order valence-corrected chi connectivity index (χ4v) is 5.86. The molecular weight excluding hydrogens is 446 g/mol. The number of aryl methyl sites for hydroxylation is 1. The van der Waals surface area contributed by atoms with Crippen molar-refractivity contribution in [3.8, 4) is 22.2 Å². The van der Waals surface area contributed by atoms with Gasteiger partial charge in [0.25, 0.3) is 5.89 Å². The number of sulfonamides is 1. The molecule has 0 saturated carbocycles. The van der Waals surface area contributed by atoms with Gasteiger partial charge in [0.15, 0.2) is 0 Å². The van der Waals surface area contributed by atoms with Crippen LogP contribution in [0.1, 0.15) is 17.6 Å². The summed E-state index contributed by atoms with van der Waals surface area (Å²) in [5.74, 6) is 1.38. The molecule has 0 saturated heterocycles. The van der Waals surface area contributed by atoms with E-state index in [1.54, 1.807) is 56.5 Å². The van der Waals surface area contributed by atoms with Gasteiger partial charge in [-0.15, -0.1) is 11.3 Å². The number of benzene rings is 1. The summed E-state index contributed by atoms with van der Waals surface area (Å²) in [7, 11) is -3.72. The van der Waals surface area contributed by atoms with Crippen LogP contribution in [0.2, 0.25) is 5.02 Å². The van der Waals surface area contributed by atoms with Crippen molar-refractivity contribution in [2.45, 2.75) is 31.2 Å². The lowest BCUT2D eigenvalue weighted by molar-refractivity contribution is 0.433. The van der Waals surface area contributed by atoms with E-state index in [9.17, 15) is 8.42 Å². The van der Waals surface area contributed by atoms with Crippen molar-refractivity contribution in [2.75, 3.05) is 0 Å². The molecule has 0 spiro atoms. The molecule has 7 nitrogen and oxygen atoms in total. The Balaban J connectivity index is 1.55. The molecule has 4 rings (SSSR count). The van der Waals surface area contributed by atoms with Gasteiger partial charge < -0.3 is 8.94 Å². The Morgan fingerprint density at radius 3 is 2.70 bits per heavy atom. The first-order valence-electron chi connectivity index (χ1n) is 9.07. The van der Waals surface area contributed by atoms with Crippen LogP contribution in [0.25, 0.3) is 22.2 Å². The van der Waals surface area contributed by atoms with Crippen LogP contribution in [0.4, 0.5) is 0 Å². The van der Waals surface area contributed by atoms with Gasteiger partial charge in [-0.25, -0.2) is 13.1 Å². The predicted octanol–water partition coefficient (Wildman–Crippen LogP) is 4.93. The molecule has 0 fully saturated rings. The maximum atomic E-state index is 12.9. The van der Waals surface area contributed by atoms with Gasteiger partial charge in [0.1, 0.15) is 5.76 Å². The van der Waals surface area contributed by atoms with Crippen LogP contribution in [0.3, 0.4) is 0 Å². The molecule has 156 valence electrons. The lowest BCUT2D eigenvalue weighted by atomic mass is 10.2. The zero-order chi connectivity index (χ0) is 21.3. The fraction of sp³-hybridized carbons (Fsp3) is 0.200. The van der Waals surface area contributed by atoms with E-state index >= 15 is 0 Å². The van der Waals surface area contributed by atoms with Crippen LogP contribution < -0.4 is 4.72 Å². The number of hydrogen-bond donors (Lipinski definition) is 1. The monoisotopic (exact) mass is 463 g/mol. The first-order valence-corrected chi connectivity index (χ1v) is 11.7. The highest BCUT2D eigenvalue weighted by Crippen LogP contribution is 2.33. The minimum absolute atomic E-state index is 0.194. The lowest BCUT2D eigenvalue weighted by Gasteiger charge is -2.12. The van der Waals surface area contributed by atoms with Gasteiger partial charge in [0, 0.05) is 27.9 Å². The Morgan fingerprint density at radius 2 is 2.00 bits per heavy atom. The largest absolute Gasteiger partial charge is 0.469 e. The Morgan fingerprint density at radius 1 is 1.23 bits per heavy atom. The molecule has 0 aliphatic rings. The average molecular weight is 464 g/mol. The summed E-state index contributed by atoms with van der Waals surface area (Å²) in [5, 5.41) is 4.60. The zero-order valence-electron chi connectivity index (χ0n) is 16.1. The Hall–Kier alpha value is -2.46. The van der Waals surface area contributed by atoms with E-state index in [1.165, 1.54) is 11.3 Å². The maximum absolute atomic E-state index is 12.9. The van der Waals surface area contributed by atoms with E-state index in [1.807, 2.05) is 6.07 Å². The van der Waals surface area contributed by atoms with Gasteiger partial charge in [-0.1, -0.05) is 16.8 Å². The number of aromatic nitrogens is 2. The standard InChI is InChI=1S/C20H18ClN3O4S2/c1-12(10-16-4-3-9-27-16)24-30(25,26)18-11-17(29-13(18)2)20-22-19(23-28-20)14-5-7-15(21)8-6-14/h3-9,11-12,24H,10H2,1-2H3. The summed E-state index contributed by atoms with van der Waals surface area (Å²) >= 11 is 7.19. The Kier molecular flexibility index (Phi) is 5.79. The van der Waals surface area contributed by atoms with Crippen LogP contribution in [0.5, 0.6) is 0 Å². The maximum Gasteiger partial charge on any atom is 0.268 e. The molecule has 1 unspecified atom stereocenters. The van der Waals surface area contributed by atoms with Crippen molar-refractivity contribution >= 4 is 33.0 Å². The van der Waals surface area contributed by atoms with E-state index in [0.717, 1.165) is 5.56 Å². The number of furan rings is 1. The second kappa shape index (κ2) is 8.35. The molecule has 0 amide bonds. The van der Waals surface area contributed by atoms with Crippen LogP contribution >= 0.6 is 22.9 Å². The molecule has 1 atom stereocenters. The molecule has 30 heavy (non-hydrogen) atoms. The van der Waals surface area contributed by atoms with Gasteiger partial charge in [-0.05, 0) is 56.3 Å². The number of hydrogen-bond acceptors (Lipinski definition) is 7. The van der Waals surface area contributed by atoms with E-state index in [-0.39, 0.29) is 16.8 Å². The normalized spacial score (nSPS) is 12.9. The van der Waals surface area contributed by atoms with Gasteiger partial charge in [-0.3, -0.25) is 0 Å². The molecule has 1 N–H and O–H groups in total. The minimum Gasteiger partial charge on any atom is -0.469 e. The number of nitrogens with one attached hydrogen (secondary N) is 1. The lowest BCUT2D eigenvalue weighted by Crippen LogP contribution is -2.34. The molecule has 3 heterocycles. The van der Waals surface area contributed by atoms with Crippen molar-refractivity contribution < 1.29 is 17.4 Å². The van der Waals surface area contributed by atoms with Gasteiger partial charge >= 0.3 is 0 Å². The van der Waals surface area contributed by atoms with E-state index in [4.69, 9.17) is 20.5 Å². The number of rotatable bonds is 7. The second-order valence-electron chi connectivity index (χ2n) is 6.77. The first kappa shape index (κ1) is 20.8. The van der Waals surface area contributed by atoms with E-state index in [0.29, 0.717) is 32.8 Å². The summed E-state index contributed by atoms with van der Waals surface area (Å²) in [4.78, 5) is 5.80. The predicted molar refractivity (Wildman–Crippen MR) is 115 cm³/mol. The summed E-state index contributed by atoms with van der Waals surface area (Å²) in [5.41, 5.74) is 0.754. The highest BCUT2D eigenvalue weighted by molar-refractivity contribution is 7.89. The molecule has 3 aromatic heterocycles. The SMILES string of the molecule is Cc1sc(-c2nc(-c3ccc(Cl)cc3)no2)cc1S(=O)(=O)NC(C)Cc1ccco1. The molecule has 0 bridgehead atoms. The van der Waals surface area contributed by atoms with Crippen LogP contribution in [-0.4, -0.2) is 24.6 Å². The Bertz CT molecular complexity index is 1250. The summed E-state index contributed by atoms with van der Waals surface area (Å²) in [6.07, 6.45) is 2.02. The smallest absolute Gasteiger partial charge is 0.268 e. The van der Waals surface area contributed by atoms with Crippen LogP contribution in [0.15, 0.2) is 62.6 Å². The Labute approximate surface area is 182 Å². The third kappa shape index (κ3) is 4.49. The quantitative estimate of drug-likeness (QED) is 0.417. The van der Waals surface area contributed by atoms with Crippen molar-refractivity contribution in [3.05, 3.63) is 64.4 Å². The van der Waals surface area contributed by atoms with Crippen molar-refractivity contribution in [2.24, 2.45) is 0 Å². The molecule has 1 aromatic carbocycles. The van der Waals surface area contributed by atoms with Gasteiger partial charge in [0.2, 0.25) is 15.8 Å². The molecule has 0 radical (unpaired) electrons. The molecule has 0 aliphatic heterocycles. The summed E-state index contributed by atoms with van der Waals surface area (Å²) in [6.45, 7) is 3.54. The van der Waals surface area contributed by atoms with Crippen molar-refractivity contribution in [3.63, 3.8) is 0 Å². The second-order valence-corrected chi connectivity index (χ2v) is 10.1. The van der Waals surface area contributed by atoms with Crippen molar-refractivity contribution in [1.29, 1.82) is 0 Å².